The molecule has 0 radical (unpaired) electrons. The van der Waals surface area contributed by atoms with E-state index in [4.69, 9.17) is 0 Å². The van der Waals surface area contributed by atoms with E-state index in [9.17, 15) is 10.1 Å². The summed E-state index contributed by atoms with van der Waals surface area (Å²) >= 11 is 5.01. The summed E-state index contributed by atoms with van der Waals surface area (Å²) in [5.74, 6) is -0.0123. The molecule has 1 aliphatic rings. The topological polar surface area (TPSA) is 56.1 Å². The average molecular weight is 368 g/mol. The average Bonchev–Trinajstić information content (AvgIpc) is 2.48. The fourth-order valence-corrected chi connectivity index (χ4v) is 3.49. The number of hydrogen-bond acceptors (Lipinski definition) is 4. The number of nitrogens with one attached hydrogen (secondary N) is 1. The predicted molar refractivity (Wildman–Crippen MR) is 90.3 cm³/mol. The third kappa shape index (κ3) is 4.47. The lowest BCUT2D eigenvalue weighted by atomic mass is 9.97. The Labute approximate surface area is 138 Å². The largest absolute Gasteiger partial charge is 0.325 e. The van der Waals surface area contributed by atoms with E-state index in [1.54, 1.807) is 11.8 Å². The van der Waals surface area contributed by atoms with Gasteiger partial charge >= 0.3 is 0 Å². The second-order valence-electron chi connectivity index (χ2n) is 5.14. The molecule has 1 saturated heterocycles. The summed E-state index contributed by atoms with van der Waals surface area (Å²) in [4.78, 5) is 14.2. The Hall–Kier alpha value is -1.03. The van der Waals surface area contributed by atoms with Crippen LogP contribution < -0.4 is 5.32 Å². The Balaban J connectivity index is 1.84. The van der Waals surface area contributed by atoms with Crippen molar-refractivity contribution in [2.45, 2.75) is 17.6 Å². The summed E-state index contributed by atoms with van der Waals surface area (Å²) in [7, 11) is 0. The number of piperidine rings is 1. The maximum Gasteiger partial charge on any atom is 0.238 e. The molecule has 1 aliphatic heterocycles. The molecule has 112 valence electrons. The molecule has 1 amide bonds. The van der Waals surface area contributed by atoms with E-state index >= 15 is 0 Å². The third-order valence-corrected chi connectivity index (χ3v) is 5.51. The number of anilines is 1. The van der Waals surface area contributed by atoms with Crippen LogP contribution in [0.5, 0.6) is 0 Å². The molecule has 1 fully saturated rings. The van der Waals surface area contributed by atoms with Gasteiger partial charge in [-0.15, -0.1) is 11.8 Å². The number of hydrogen-bond donors (Lipinski definition) is 1. The molecule has 0 aromatic heterocycles. The highest BCUT2D eigenvalue weighted by Crippen LogP contribution is 2.33. The number of carbonyl (C=O) groups excluding carboxylic acids is 1. The number of halogens is 1. The third-order valence-electron chi connectivity index (χ3n) is 3.73. The maximum atomic E-state index is 12.1. The van der Waals surface area contributed by atoms with Gasteiger partial charge in [0.05, 0.1) is 12.6 Å². The summed E-state index contributed by atoms with van der Waals surface area (Å²) < 4.78 is 0.675. The first-order valence-electron chi connectivity index (χ1n) is 6.81. The Morgan fingerprint density at radius 1 is 1.52 bits per heavy atom. The number of thioether (sulfide) groups is 1. The van der Waals surface area contributed by atoms with Crippen LogP contribution in [0.3, 0.4) is 0 Å². The lowest BCUT2D eigenvalue weighted by Crippen LogP contribution is -2.44. The van der Waals surface area contributed by atoms with Crippen LogP contribution in [0.2, 0.25) is 0 Å². The van der Waals surface area contributed by atoms with Crippen molar-refractivity contribution in [3.05, 3.63) is 28.7 Å². The van der Waals surface area contributed by atoms with Gasteiger partial charge in [0.15, 0.2) is 0 Å². The molecule has 6 heteroatoms. The quantitative estimate of drug-likeness (QED) is 0.887. The fourth-order valence-electron chi connectivity index (χ4n) is 2.40. The first kappa shape index (κ1) is 16.3. The van der Waals surface area contributed by atoms with Crippen molar-refractivity contribution in [2.24, 2.45) is 0 Å². The van der Waals surface area contributed by atoms with Gasteiger partial charge in [0.1, 0.15) is 4.75 Å². The molecule has 1 aromatic rings. The van der Waals surface area contributed by atoms with Crippen molar-refractivity contribution in [3.8, 4) is 6.07 Å². The molecule has 1 heterocycles. The molecular formula is C15H18BrN3OS. The van der Waals surface area contributed by atoms with Gasteiger partial charge < -0.3 is 5.32 Å². The molecular weight excluding hydrogens is 350 g/mol. The van der Waals surface area contributed by atoms with Crippen LogP contribution >= 0.6 is 27.7 Å². The van der Waals surface area contributed by atoms with Crippen LogP contribution in [-0.2, 0) is 4.79 Å². The number of nitriles is 1. The number of nitrogens with zero attached hydrogens (tertiary/aromatic N) is 2. The molecule has 1 aromatic carbocycles. The number of amides is 1. The highest BCUT2D eigenvalue weighted by atomic mass is 79.9. The van der Waals surface area contributed by atoms with Crippen molar-refractivity contribution in [2.75, 3.05) is 31.2 Å². The Kier molecular flexibility index (Phi) is 5.68. The van der Waals surface area contributed by atoms with E-state index in [1.807, 2.05) is 30.5 Å². The first-order chi connectivity index (χ1) is 10.1. The summed E-state index contributed by atoms with van der Waals surface area (Å²) in [5, 5.41) is 12.2. The Bertz CT molecular complexity index is 550. The molecule has 0 unspecified atom stereocenters. The number of benzene rings is 1. The highest BCUT2D eigenvalue weighted by molar-refractivity contribution is 9.10. The molecule has 0 saturated carbocycles. The standard InChI is InChI=1S/C15H18BrN3OS/c1-21-15(11-17)5-7-19(8-6-15)10-14(20)18-13-4-2-3-12(16)9-13/h2-4,9H,5-8,10H2,1H3,(H,18,20). The smallest absolute Gasteiger partial charge is 0.238 e. The van der Waals surface area contributed by atoms with E-state index in [0.717, 1.165) is 36.1 Å². The molecule has 0 bridgehead atoms. The minimum atomic E-state index is -0.267. The van der Waals surface area contributed by atoms with E-state index in [-0.39, 0.29) is 10.7 Å². The minimum absolute atomic E-state index is 0.0123. The van der Waals surface area contributed by atoms with Crippen molar-refractivity contribution in [1.82, 2.24) is 4.90 Å². The first-order valence-corrected chi connectivity index (χ1v) is 8.83. The zero-order chi connectivity index (χ0) is 15.3. The lowest BCUT2D eigenvalue weighted by Gasteiger charge is -2.35. The van der Waals surface area contributed by atoms with E-state index in [1.165, 1.54) is 0 Å². The van der Waals surface area contributed by atoms with Crippen LogP contribution in [-0.4, -0.2) is 41.4 Å². The van der Waals surface area contributed by atoms with Crippen LogP contribution in [0.25, 0.3) is 0 Å². The predicted octanol–water partition coefficient (Wildman–Crippen LogP) is 3.11. The molecule has 2 rings (SSSR count). The monoisotopic (exact) mass is 367 g/mol. The van der Waals surface area contributed by atoms with Gasteiger partial charge in [-0.1, -0.05) is 22.0 Å². The molecule has 0 atom stereocenters. The van der Waals surface area contributed by atoms with Crippen LogP contribution in [0.15, 0.2) is 28.7 Å². The van der Waals surface area contributed by atoms with E-state index < -0.39 is 0 Å². The second kappa shape index (κ2) is 7.30. The normalized spacial score (nSPS) is 18.0. The minimum Gasteiger partial charge on any atom is -0.325 e. The van der Waals surface area contributed by atoms with Crippen molar-refractivity contribution >= 4 is 39.3 Å². The van der Waals surface area contributed by atoms with Gasteiger partial charge in [-0.25, -0.2) is 0 Å². The molecule has 21 heavy (non-hydrogen) atoms. The lowest BCUT2D eigenvalue weighted by molar-refractivity contribution is -0.117. The van der Waals surface area contributed by atoms with Crippen molar-refractivity contribution < 1.29 is 4.79 Å². The molecule has 0 spiro atoms. The van der Waals surface area contributed by atoms with Crippen LogP contribution in [0, 0.1) is 11.3 Å². The van der Waals surface area contributed by atoms with Gasteiger partial charge in [-0.2, -0.15) is 5.26 Å². The van der Waals surface area contributed by atoms with Gasteiger partial charge in [0.25, 0.3) is 0 Å². The van der Waals surface area contributed by atoms with Crippen molar-refractivity contribution in [3.63, 3.8) is 0 Å². The van der Waals surface area contributed by atoms with E-state index in [0.29, 0.717) is 6.54 Å². The fraction of sp³-hybridized carbons (Fsp3) is 0.467. The van der Waals surface area contributed by atoms with Gasteiger partial charge in [0.2, 0.25) is 5.91 Å². The summed E-state index contributed by atoms with van der Waals surface area (Å²) in [6.07, 6.45) is 3.61. The number of likely N-dealkylation sites (tertiary alicyclic amines) is 1. The highest BCUT2D eigenvalue weighted by Gasteiger charge is 2.34. The Morgan fingerprint density at radius 3 is 2.81 bits per heavy atom. The summed E-state index contributed by atoms with van der Waals surface area (Å²) in [6, 6.07) is 9.97. The molecule has 4 nitrogen and oxygen atoms in total. The van der Waals surface area contributed by atoms with Gasteiger partial charge in [-0.3, -0.25) is 9.69 Å². The SMILES string of the molecule is CSC1(C#N)CCN(CC(=O)Nc2cccc(Br)c2)CC1. The zero-order valence-corrected chi connectivity index (χ0v) is 14.3. The van der Waals surface area contributed by atoms with Crippen LogP contribution in [0.4, 0.5) is 5.69 Å². The molecule has 0 aliphatic carbocycles. The van der Waals surface area contributed by atoms with Gasteiger partial charge in [-0.05, 0) is 37.3 Å². The second-order valence-corrected chi connectivity index (χ2v) is 7.25. The number of carbonyl (C=O) groups is 1. The molecule has 1 N–H and O–H groups in total. The van der Waals surface area contributed by atoms with E-state index in [2.05, 4.69) is 32.2 Å². The van der Waals surface area contributed by atoms with Crippen molar-refractivity contribution in [1.29, 1.82) is 5.26 Å². The van der Waals surface area contributed by atoms with Gasteiger partial charge in [0, 0.05) is 23.2 Å². The summed E-state index contributed by atoms with van der Waals surface area (Å²) in [6.45, 7) is 1.96. The zero-order valence-electron chi connectivity index (χ0n) is 11.9. The Morgan fingerprint density at radius 2 is 2.24 bits per heavy atom. The number of rotatable bonds is 4. The summed E-state index contributed by atoms with van der Waals surface area (Å²) in [5.41, 5.74) is 0.793. The van der Waals surface area contributed by atoms with Crippen LogP contribution in [0.1, 0.15) is 12.8 Å². The maximum absolute atomic E-state index is 12.1.